The second kappa shape index (κ2) is 8.42. The van der Waals surface area contributed by atoms with Crippen molar-refractivity contribution in [2.75, 3.05) is 32.8 Å². The molecule has 1 amide bonds. The Labute approximate surface area is 206 Å². The van der Waals surface area contributed by atoms with Crippen LogP contribution in [0.2, 0.25) is 0 Å². The number of carbonyl (C=O) groups excluding carboxylic acids is 1. The molecule has 0 aromatic heterocycles. The van der Waals surface area contributed by atoms with E-state index >= 15 is 0 Å². The van der Waals surface area contributed by atoms with Gasteiger partial charge < -0.3 is 19.7 Å². The van der Waals surface area contributed by atoms with E-state index in [1.807, 2.05) is 48.5 Å². The Bertz CT molecular complexity index is 1230. The largest absolute Gasteiger partial charge is 0.493 e. The molecule has 0 bridgehead atoms. The standard InChI is InChI=1S/C30H30N2O3/c33-30(29-21-5-1-3-7-27(21)35-28-8-4-2-6-22(28)29)31-16-23-24-17-32(18-25(23)24)13-11-19-9-10-26-20(15-19)12-14-34-26/h1-10,15,23-25,29H,11-14,16-18H2,(H,31,33)/t23-,24-,25?/m1/s1. The van der Waals surface area contributed by atoms with Crippen molar-refractivity contribution in [1.29, 1.82) is 0 Å². The van der Waals surface area contributed by atoms with E-state index in [-0.39, 0.29) is 11.8 Å². The summed E-state index contributed by atoms with van der Waals surface area (Å²) in [5.41, 5.74) is 4.67. The summed E-state index contributed by atoms with van der Waals surface area (Å²) in [5, 5.41) is 3.30. The van der Waals surface area contributed by atoms with Gasteiger partial charge in [-0.05, 0) is 53.5 Å². The number of hydrogen-bond donors (Lipinski definition) is 1. The molecular weight excluding hydrogens is 436 g/mol. The quantitative estimate of drug-likeness (QED) is 0.585. The molecule has 1 N–H and O–H groups in total. The SMILES string of the molecule is O=C(NC[C@H]1C2CN(CCc3ccc4c(c3)CCO4)C[C@@H]21)C1c2ccccc2Oc2ccccc21. The molecule has 5 nitrogen and oxygen atoms in total. The zero-order chi connectivity index (χ0) is 23.4. The van der Waals surface area contributed by atoms with Gasteiger partial charge in [-0.1, -0.05) is 48.5 Å². The number of ether oxygens (including phenoxy) is 2. The lowest BCUT2D eigenvalue weighted by Gasteiger charge is -2.27. The van der Waals surface area contributed by atoms with Crippen LogP contribution in [0.4, 0.5) is 0 Å². The van der Waals surface area contributed by atoms with Crippen molar-refractivity contribution in [2.45, 2.75) is 18.8 Å². The summed E-state index contributed by atoms with van der Waals surface area (Å²) >= 11 is 0. The van der Waals surface area contributed by atoms with E-state index in [0.29, 0.717) is 5.92 Å². The van der Waals surface area contributed by atoms with Crippen molar-refractivity contribution in [3.63, 3.8) is 0 Å². The Morgan fingerprint density at radius 1 is 0.914 bits per heavy atom. The smallest absolute Gasteiger partial charge is 0.232 e. The minimum atomic E-state index is -0.316. The predicted octanol–water partition coefficient (Wildman–Crippen LogP) is 4.40. The molecule has 3 atom stereocenters. The van der Waals surface area contributed by atoms with Crippen LogP contribution in [-0.2, 0) is 17.6 Å². The monoisotopic (exact) mass is 466 g/mol. The first-order chi connectivity index (χ1) is 17.2. The van der Waals surface area contributed by atoms with Crippen molar-refractivity contribution in [1.82, 2.24) is 10.2 Å². The molecular formula is C30H30N2O3. The van der Waals surface area contributed by atoms with E-state index in [4.69, 9.17) is 9.47 Å². The molecule has 178 valence electrons. The summed E-state index contributed by atoms with van der Waals surface area (Å²) < 4.78 is 11.7. The van der Waals surface area contributed by atoms with Crippen molar-refractivity contribution in [2.24, 2.45) is 17.8 Å². The summed E-state index contributed by atoms with van der Waals surface area (Å²) in [5.74, 6) is 4.43. The predicted molar refractivity (Wildman–Crippen MR) is 134 cm³/mol. The minimum absolute atomic E-state index is 0.0793. The third kappa shape index (κ3) is 3.79. The summed E-state index contributed by atoms with van der Waals surface area (Å²) in [6.07, 6.45) is 2.13. The van der Waals surface area contributed by atoms with Crippen LogP contribution in [0.25, 0.3) is 0 Å². The minimum Gasteiger partial charge on any atom is -0.493 e. The number of carbonyl (C=O) groups is 1. The summed E-state index contributed by atoms with van der Waals surface area (Å²) in [7, 11) is 0. The normalized spacial score (nSPS) is 23.9. The van der Waals surface area contributed by atoms with Crippen LogP contribution >= 0.6 is 0 Å². The van der Waals surface area contributed by atoms with Crippen LogP contribution in [0, 0.1) is 17.8 Å². The van der Waals surface area contributed by atoms with Crippen LogP contribution in [0.15, 0.2) is 66.7 Å². The van der Waals surface area contributed by atoms with Crippen LogP contribution < -0.4 is 14.8 Å². The zero-order valence-corrected chi connectivity index (χ0v) is 19.8. The third-order valence-corrected chi connectivity index (χ3v) is 8.37. The molecule has 1 saturated carbocycles. The number of para-hydroxylation sites is 2. The Kier molecular flexibility index (Phi) is 5.05. The number of amides is 1. The Morgan fingerprint density at radius 2 is 1.63 bits per heavy atom. The molecule has 0 spiro atoms. The molecule has 3 aromatic carbocycles. The highest BCUT2D eigenvalue weighted by molar-refractivity contribution is 5.89. The second-order valence-corrected chi connectivity index (χ2v) is 10.4. The Balaban J connectivity index is 0.939. The van der Waals surface area contributed by atoms with Crippen molar-refractivity contribution in [3.05, 3.63) is 89.0 Å². The molecule has 1 saturated heterocycles. The summed E-state index contributed by atoms with van der Waals surface area (Å²) in [6.45, 7) is 5.01. The van der Waals surface area contributed by atoms with E-state index in [9.17, 15) is 4.79 Å². The summed E-state index contributed by atoms with van der Waals surface area (Å²) in [6, 6.07) is 22.4. The lowest BCUT2D eigenvalue weighted by Crippen LogP contribution is -2.35. The number of hydrogen-bond acceptors (Lipinski definition) is 4. The van der Waals surface area contributed by atoms with Gasteiger partial charge in [0.2, 0.25) is 5.91 Å². The van der Waals surface area contributed by atoms with Gasteiger partial charge in [0.25, 0.3) is 0 Å². The second-order valence-electron chi connectivity index (χ2n) is 10.4. The lowest BCUT2D eigenvalue weighted by atomic mass is 9.87. The fourth-order valence-electron chi connectivity index (χ4n) is 6.42. The number of fused-ring (bicyclic) bond motifs is 4. The maximum atomic E-state index is 13.4. The highest BCUT2D eigenvalue weighted by atomic mass is 16.5. The number of nitrogens with zero attached hydrogens (tertiary/aromatic N) is 1. The van der Waals surface area contributed by atoms with Crippen LogP contribution in [0.5, 0.6) is 17.2 Å². The van der Waals surface area contributed by atoms with Crippen molar-refractivity contribution < 1.29 is 14.3 Å². The molecule has 2 fully saturated rings. The van der Waals surface area contributed by atoms with Crippen LogP contribution in [0.3, 0.4) is 0 Å². The molecule has 5 heteroatoms. The topological polar surface area (TPSA) is 50.8 Å². The highest BCUT2D eigenvalue weighted by Crippen LogP contribution is 2.51. The Hall–Kier alpha value is -3.31. The molecule has 7 rings (SSSR count). The van der Waals surface area contributed by atoms with E-state index in [2.05, 4.69) is 28.4 Å². The number of benzene rings is 3. The maximum Gasteiger partial charge on any atom is 0.232 e. The Morgan fingerprint density at radius 3 is 2.37 bits per heavy atom. The first-order valence-corrected chi connectivity index (χ1v) is 12.8. The average Bonchev–Trinajstić information content (AvgIpc) is 3.21. The lowest BCUT2D eigenvalue weighted by molar-refractivity contribution is -0.121. The third-order valence-electron chi connectivity index (χ3n) is 8.37. The molecule has 0 radical (unpaired) electrons. The van der Waals surface area contributed by atoms with Gasteiger partial charge in [0.1, 0.15) is 17.2 Å². The highest BCUT2D eigenvalue weighted by Gasteiger charge is 2.55. The van der Waals surface area contributed by atoms with Gasteiger partial charge in [-0.2, -0.15) is 0 Å². The van der Waals surface area contributed by atoms with E-state index in [0.717, 1.165) is 85.8 Å². The maximum absolute atomic E-state index is 13.4. The summed E-state index contributed by atoms with van der Waals surface area (Å²) in [4.78, 5) is 16.0. The van der Waals surface area contributed by atoms with Gasteiger partial charge in [-0.15, -0.1) is 0 Å². The first-order valence-electron chi connectivity index (χ1n) is 12.8. The van der Waals surface area contributed by atoms with E-state index < -0.39 is 0 Å². The van der Waals surface area contributed by atoms with Gasteiger partial charge in [-0.25, -0.2) is 0 Å². The number of nitrogens with one attached hydrogen (secondary N) is 1. The fraction of sp³-hybridized carbons (Fsp3) is 0.367. The number of rotatable bonds is 6. The van der Waals surface area contributed by atoms with Crippen LogP contribution in [0.1, 0.15) is 28.2 Å². The van der Waals surface area contributed by atoms with E-state index in [1.165, 1.54) is 11.1 Å². The molecule has 35 heavy (non-hydrogen) atoms. The van der Waals surface area contributed by atoms with Gasteiger partial charge in [0, 0.05) is 43.7 Å². The van der Waals surface area contributed by atoms with Crippen molar-refractivity contribution >= 4 is 5.91 Å². The number of likely N-dealkylation sites (tertiary alicyclic amines) is 1. The fourth-order valence-corrected chi connectivity index (χ4v) is 6.42. The number of piperidine rings is 1. The average molecular weight is 467 g/mol. The van der Waals surface area contributed by atoms with Gasteiger partial charge in [0.15, 0.2) is 0 Å². The zero-order valence-electron chi connectivity index (χ0n) is 19.8. The van der Waals surface area contributed by atoms with Gasteiger partial charge in [-0.3, -0.25) is 4.79 Å². The van der Waals surface area contributed by atoms with Crippen molar-refractivity contribution in [3.8, 4) is 17.2 Å². The molecule has 1 aliphatic carbocycles. The molecule has 3 aliphatic heterocycles. The first kappa shape index (κ1) is 21.0. The van der Waals surface area contributed by atoms with Gasteiger partial charge >= 0.3 is 0 Å². The van der Waals surface area contributed by atoms with E-state index in [1.54, 1.807) is 0 Å². The molecule has 3 aromatic rings. The molecule has 1 unspecified atom stereocenters. The van der Waals surface area contributed by atoms with Gasteiger partial charge in [0.05, 0.1) is 12.5 Å². The van der Waals surface area contributed by atoms with Crippen LogP contribution in [-0.4, -0.2) is 43.6 Å². The molecule has 4 aliphatic rings. The molecule has 3 heterocycles.